The van der Waals surface area contributed by atoms with E-state index in [9.17, 15) is 9.59 Å². The van der Waals surface area contributed by atoms with Gasteiger partial charge in [-0.1, -0.05) is 0 Å². The molecule has 1 fully saturated rings. The third-order valence-electron chi connectivity index (χ3n) is 2.61. The molecule has 2 amide bonds. The van der Waals surface area contributed by atoms with Gasteiger partial charge in [-0.3, -0.25) is 15.0 Å². The van der Waals surface area contributed by atoms with Crippen LogP contribution in [0.25, 0.3) is 0 Å². The van der Waals surface area contributed by atoms with Crippen LogP contribution >= 0.6 is 0 Å². The van der Waals surface area contributed by atoms with Crippen molar-refractivity contribution in [3.63, 3.8) is 0 Å². The van der Waals surface area contributed by atoms with Gasteiger partial charge in [-0.15, -0.1) is 0 Å². The largest absolute Gasteiger partial charge is 0.453 e. The molecule has 1 aliphatic heterocycles. The highest BCUT2D eigenvalue weighted by Crippen LogP contribution is 2.10. The molecular weight excluding hydrogens is 228 g/mol. The van der Waals surface area contributed by atoms with Crippen LogP contribution in [0.1, 0.15) is 6.92 Å². The number of nitrogens with one attached hydrogen (secondary N) is 1. The molecule has 0 radical (unpaired) electrons. The van der Waals surface area contributed by atoms with Crippen LogP contribution in [0.5, 0.6) is 0 Å². The van der Waals surface area contributed by atoms with E-state index in [0.29, 0.717) is 13.2 Å². The van der Waals surface area contributed by atoms with Gasteiger partial charge >= 0.3 is 6.09 Å². The lowest BCUT2D eigenvalue weighted by atomic mass is 10.2. The van der Waals surface area contributed by atoms with Crippen LogP contribution in [-0.2, 0) is 14.3 Å². The molecule has 2 N–H and O–H groups in total. The molecule has 1 heterocycles. The van der Waals surface area contributed by atoms with E-state index in [0.717, 1.165) is 0 Å². The molecular formula is C10H18N2O5. The number of amides is 2. The first-order valence-electron chi connectivity index (χ1n) is 5.41. The molecule has 0 aromatic carbocycles. The number of nitrogens with zero attached hydrogens (tertiary/aromatic N) is 1. The van der Waals surface area contributed by atoms with Crippen molar-refractivity contribution in [2.75, 3.05) is 33.4 Å². The number of imide groups is 1. The zero-order valence-electron chi connectivity index (χ0n) is 10.0. The summed E-state index contributed by atoms with van der Waals surface area (Å²) >= 11 is 0. The molecule has 1 rings (SSSR count). The van der Waals surface area contributed by atoms with Crippen molar-refractivity contribution in [2.24, 2.45) is 0 Å². The standard InChI is InChI=1S/C10H18N2O5/c1-7-6-17-8(5-13)3-12(7)4-9(14)11-10(15)16-2/h7-8,13H,3-6H2,1-2H3,(H,11,14,15). The summed E-state index contributed by atoms with van der Waals surface area (Å²) in [6.45, 7) is 2.83. The topological polar surface area (TPSA) is 88.1 Å². The summed E-state index contributed by atoms with van der Waals surface area (Å²) in [7, 11) is 1.20. The number of carbonyl (C=O) groups excluding carboxylic acids is 2. The molecule has 0 aliphatic carbocycles. The number of methoxy groups -OCH3 is 1. The molecule has 7 nitrogen and oxygen atoms in total. The predicted molar refractivity (Wildman–Crippen MR) is 58.4 cm³/mol. The minimum Gasteiger partial charge on any atom is -0.453 e. The fourth-order valence-electron chi connectivity index (χ4n) is 1.59. The summed E-state index contributed by atoms with van der Waals surface area (Å²) < 4.78 is 9.66. The summed E-state index contributed by atoms with van der Waals surface area (Å²) in [5.74, 6) is -0.428. The average Bonchev–Trinajstić information content (AvgIpc) is 2.31. The van der Waals surface area contributed by atoms with Crippen LogP contribution in [0.4, 0.5) is 4.79 Å². The van der Waals surface area contributed by atoms with Gasteiger partial charge in [-0.25, -0.2) is 4.79 Å². The smallest absolute Gasteiger partial charge is 0.413 e. The van der Waals surface area contributed by atoms with E-state index < -0.39 is 12.0 Å². The van der Waals surface area contributed by atoms with Gasteiger partial charge in [0.2, 0.25) is 5.91 Å². The Kier molecular flexibility index (Phi) is 5.33. The van der Waals surface area contributed by atoms with Crippen molar-refractivity contribution in [1.29, 1.82) is 0 Å². The molecule has 0 spiro atoms. The van der Waals surface area contributed by atoms with Crippen LogP contribution in [-0.4, -0.2) is 67.6 Å². The molecule has 0 aromatic rings. The van der Waals surface area contributed by atoms with E-state index in [1.165, 1.54) is 7.11 Å². The molecule has 0 bridgehead atoms. The van der Waals surface area contributed by atoms with Crippen LogP contribution < -0.4 is 5.32 Å². The third kappa shape index (κ3) is 4.29. The zero-order chi connectivity index (χ0) is 12.8. The molecule has 0 aromatic heterocycles. The summed E-state index contributed by atoms with van der Waals surface area (Å²) in [5, 5.41) is 11.1. The van der Waals surface area contributed by atoms with Gasteiger partial charge in [0.1, 0.15) is 0 Å². The Morgan fingerprint density at radius 1 is 1.59 bits per heavy atom. The van der Waals surface area contributed by atoms with Gasteiger partial charge in [0, 0.05) is 12.6 Å². The lowest BCUT2D eigenvalue weighted by Gasteiger charge is -2.36. The fourth-order valence-corrected chi connectivity index (χ4v) is 1.59. The number of aliphatic hydroxyl groups excluding tert-OH is 1. The highest BCUT2D eigenvalue weighted by atomic mass is 16.5. The number of rotatable bonds is 3. The van der Waals surface area contributed by atoms with E-state index in [1.807, 2.05) is 11.8 Å². The highest BCUT2D eigenvalue weighted by molar-refractivity contribution is 5.92. The van der Waals surface area contributed by atoms with E-state index in [4.69, 9.17) is 9.84 Å². The third-order valence-corrected chi connectivity index (χ3v) is 2.61. The second-order valence-electron chi connectivity index (χ2n) is 3.96. The van der Waals surface area contributed by atoms with Gasteiger partial charge in [0.15, 0.2) is 0 Å². The van der Waals surface area contributed by atoms with Crippen LogP contribution in [0, 0.1) is 0 Å². The molecule has 17 heavy (non-hydrogen) atoms. The first-order chi connectivity index (χ1) is 8.06. The van der Waals surface area contributed by atoms with Gasteiger partial charge in [-0.2, -0.15) is 0 Å². The second-order valence-corrected chi connectivity index (χ2v) is 3.96. The maximum Gasteiger partial charge on any atom is 0.413 e. The average molecular weight is 246 g/mol. The van der Waals surface area contributed by atoms with Crippen molar-refractivity contribution in [1.82, 2.24) is 10.2 Å². The summed E-state index contributed by atoms with van der Waals surface area (Å²) in [5.41, 5.74) is 0. The van der Waals surface area contributed by atoms with Crippen molar-refractivity contribution in [3.05, 3.63) is 0 Å². The van der Waals surface area contributed by atoms with Crippen LogP contribution in [0.2, 0.25) is 0 Å². The van der Waals surface area contributed by atoms with Crippen molar-refractivity contribution < 1.29 is 24.2 Å². The van der Waals surface area contributed by atoms with E-state index in [-0.39, 0.29) is 25.3 Å². The van der Waals surface area contributed by atoms with E-state index >= 15 is 0 Å². The van der Waals surface area contributed by atoms with Gasteiger partial charge in [0.25, 0.3) is 0 Å². The van der Waals surface area contributed by atoms with E-state index in [1.54, 1.807) is 0 Å². The molecule has 1 aliphatic rings. The predicted octanol–water partition coefficient (Wildman–Crippen LogP) is -1.05. The van der Waals surface area contributed by atoms with Gasteiger partial charge in [0.05, 0.1) is 33.0 Å². The molecule has 2 atom stereocenters. The molecule has 98 valence electrons. The Hall–Kier alpha value is -1.18. The lowest BCUT2D eigenvalue weighted by molar-refractivity contribution is -0.126. The Bertz CT molecular complexity index is 284. The molecule has 0 saturated carbocycles. The van der Waals surface area contributed by atoms with Crippen LogP contribution in [0.3, 0.4) is 0 Å². The quantitative estimate of drug-likeness (QED) is 0.660. The number of carbonyl (C=O) groups is 2. The van der Waals surface area contributed by atoms with Crippen molar-refractivity contribution >= 4 is 12.0 Å². The molecule has 2 unspecified atom stereocenters. The number of ether oxygens (including phenoxy) is 2. The second kappa shape index (κ2) is 6.53. The number of hydrogen-bond donors (Lipinski definition) is 2. The summed E-state index contributed by atoms with van der Waals surface area (Å²) in [6, 6.07) is 0.0706. The SMILES string of the molecule is COC(=O)NC(=O)CN1CC(CO)OCC1C. The Morgan fingerprint density at radius 2 is 2.29 bits per heavy atom. The van der Waals surface area contributed by atoms with E-state index in [2.05, 4.69) is 10.1 Å². The first-order valence-corrected chi connectivity index (χ1v) is 5.41. The zero-order valence-corrected chi connectivity index (χ0v) is 10.0. The minimum absolute atomic E-state index is 0.0706. The number of hydrogen-bond acceptors (Lipinski definition) is 6. The Morgan fingerprint density at radius 3 is 2.88 bits per heavy atom. The molecule has 1 saturated heterocycles. The lowest BCUT2D eigenvalue weighted by Crippen LogP contribution is -2.53. The first kappa shape index (κ1) is 13.9. The maximum atomic E-state index is 11.5. The Labute approximate surface area is 99.7 Å². The fraction of sp³-hybridized carbons (Fsp3) is 0.800. The monoisotopic (exact) mass is 246 g/mol. The highest BCUT2D eigenvalue weighted by Gasteiger charge is 2.27. The maximum absolute atomic E-state index is 11.5. The van der Waals surface area contributed by atoms with Gasteiger partial charge in [-0.05, 0) is 6.92 Å². The number of aliphatic hydroxyl groups is 1. The van der Waals surface area contributed by atoms with Gasteiger partial charge < -0.3 is 14.6 Å². The van der Waals surface area contributed by atoms with Crippen molar-refractivity contribution in [3.8, 4) is 0 Å². The summed E-state index contributed by atoms with van der Waals surface area (Å²) in [4.78, 5) is 24.1. The van der Waals surface area contributed by atoms with Crippen LogP contribution in [0.15, 0.2) is 0 Å². The Balaban J connectivity index is 2.42. The normalized spacial score (nSPS) is 25.4. The summed E-state index contributed by atoms with van der Waals surface area (Å²) in [6.07, 6.45) is -1.05. The minimum atomic E-state index is -0.769. The van der Waals surface area contributed by atoms with Crippen molar-refractivity contribution in [2.45, 2.75) is 19.1 Å². The number of alkyl carbamates (subject to hydrolysis) is 1. The number of morpholine rings is 1. The molecule has 7 heteroatoms.